The molecule has 1 nitrogen and oxygen atoms in total. The normalized spacial score (nSPS) is 27.4. The quantitative estimate of drug-likeness (QED) is 0.738. The SMILES string of the molecule is CC(C)c1ccc2c(c1)C1CCCCC1N2. The summed E-state index contributed by atoms with van der Waals surface area (Å²) < 4.78 is 0. The molecule has 1 aromatic carbocycles. The Hall–Kier alpha value is -0.980. The van der Waals surface area contributed by atoms with E-state index in [4.69, 9.17) is 0 Å². The van der Waals surface area contributed by atoms with Crippen LogP contribution in [0.5, 0.6) is 0 Å². The van der Waals surface area contributed by atoms with E-state index in [0.717, 1.165) is 12.0 Å². The third-order valence-electron chi connectivity index (χ3n) is 4.25. The Morgan fingerprint density at radius 1 is 1.19 bits per heavy atom. The lowest BCUT2D eigenvalue weighted by Crippen LogP contribution is -2.23. The minimum atomic E-state index is 0.646. The lowest BCUT2D eigenvalue weighted by molar-refractivity contribution is 0.422. The van der Waals surface area contributed by atoms with Crippen LogP contribution < -0.4 is 5.32 Å². The molecule has 2 atom stereocenters. The Kier molecular flexibility index (Phi) is 2.42. The van der Waals surface area contributed by atoms with Gasteiger partial charge in [-0.15, -0.1) is 0 Å². The molecule has 1 aliphatic carbocycles. The Labute approximate surface area is 98.3 Å². The van der Waals surface area contributed by atoms with Gasteiger partial charge in [-0.05, 0) is 36.0 Å². The summed E-state index contributed by atoms with van der Waals surface area (Å²) in [6.45, 7) is 4.56. The second-order valence-corrected chi connectivity index (χ2v) is 5.64. The van der Waals surface area contributed by atoms with Crippen LogP contribution in [0.15, 0.2) is 18.2 Å². The van der Waals surface area contributed by atoms with Crippen molar-refractivity contribution in [3.63, 3.8) is 0 Å². The number of rotatable bonds is 1. The number of benzene rings is 1. The van der Waals surface area contributed by atoms with Crippen LogP contribution in [0.25, 0.3) is 0 Å². The van der Waals surface area contributed by atoms with Crippen molar-refractivity contribution < 1.29 is 0 Å². The molecule has 1 fully saturated rings. The number of fused-ring (bicyclic) bond motifs is 3. The number of nitrogens with one attached hydrogen (secondary N) is 1. The zero-order chi connectivity index (χ0) is 11.1. The summed E-state index contributed by atoms with van der Waals surface area (Å²) >= 11 is 0. The highest BCUT2D eigenvalue weighted by Gasteiger charge is 2.33. The summed E-state index contributed by atoms with van der Waals surface area (Å²) in [5.41, 5.74) is 4.49. The molecular weight excluding hydrogens is 194 g/mol. The van der Waals surface area contributed by atoms with Crippen LogP contribution in [0.4, 0.5) is 5.69 Å². The van der Waals surface area contributed by atoms with Crippen molar-refractivity contribution in [2.45, 2.75) is 57.4 Å². The fourth-order valence-corrected chi connectivity index (χ4v) is 3.25. The maximum absolute atomic E-state index is 3.70. The van der Waals surface area contributed by atoms with Crippen LogP contribution in [-0.2, 0) is 0 Å². The van der Waals surface area contributed by atoms with Gasteiger partial charge in [0.25, 0.3) is 0 Å². The lowest BCUT2D eigenvalue weighted by atomic mass is 9.82. The van der Waals surface area contributed by atoms with Gasteiger partial charge in [0.1, 0.15) is 0 Å². The van der Waals surface area contributed by atoms with Crippen molar-refractivity contribution in [2.24, 2.45) is 0 Å². The molecule has 0 amide bonds. The highest BCUT2D eigenvalue weighted by atomic mass is 15.0. The van der Waals surface area contributed by atoms with Gasteiger partial charge in [0, 0.05) is 17.6 Å². The molecule has 0 saturated heterocycles. The van der Waals surface area contributed by atoms with Gasteiger partial charge in [-0.25, -0.2) is 0 Å². The van der Waals surface area contributed by atoms with Gasteiger partial charge in [-0.3, -0.25) is 0 Å². The van der Waals surface area contributed by atoms with E-state index in [9.17, 15) is 0 Å². The molecule has 2 aliphatic rings. The number of hydrogen-bond acceptors (Lipinski definition) is 1. The minimum absolute atomic E-state index is 0.646. The summed E-state index contributed by atoms with van der Waals surface area (Å²) in [6.07, 6.45) is 5.55. The smallest absolute Gasteiger partial charge is 0.0378 e. The Balaban J connectivity index is 1.97. The van der Waals surface area contributed by atoms with E-state index in [0.29, 0.717) is 5.92 Å². The molecule has 1 heterocycles. The summed E-state index contributed by atoms with van der Waals surface area (Å²) in [4.78, 5) is 0. The van der Waals surface area contributed by atoms with E-state index in [1.165, 1.54) is 36.9 Å². The molecule has 16 heavy (non-hydrogen) atoms. The van der Waals surface area contributed by atoms with Gasteiger partial charge in [0.15, 0.2) is 0 Å². The highest BCUT2D eigenvalue weighted by Crippen LogP contribution is 2.44. The minimum Gasteiger partial charge on any atom is -0.381 e. The van der Waals surface area contributed by atoms with Gasteiger partial charge in [-0.2, -0.15) is 0 Å². The average molecular weight is 215 g/mol. The number of anilines is 1. The molecule has 1 aliphatic heterocycles. The fraction of sp³-hybridized carbons (Fsp3) is 0.600. The molecule has 3 rings (SSSR count). The Morgan fingerprint density at radius 2 is 2.00 bits per heavy atom. The molecule has 0 spiro atoms. The van der Waals surface area contributed by atoms with E-state index in [1.807, 2.05) is 0 Å². The van der Waals surface area contributed by atoms with Crippen molar-refractivity contribution >= 4 is 5.69 Å². The summed E-state index contributed by atoms with van der Waals surface area (Å²) in [6, 6.07) is 7.76. The number of hydrogen-bond donors (Lipinski definition) is 1. The summed E-state index contributed by atoms with van der Waals surface area (Å²) in [5, 5.41) is 3.70. The first kappa shape index (κ1) is 10.2. The third-order valence-corrected chi connectivity index (χ3v) is 4.25. The van der Waals surface area contributed by atoms with Crippen molar-refractivity contribution in [3.05, 3.63) is 29.3 Å². The first-order valence-electron chi connectivity index (χ1n) is 6.66. The van der Waals surface area contributed by atoms with E-state index >= 15 is 0 Å². The van der Waals surface area contributed by atoms with Crippen molar-refractivity contribution in [1.29, 1.82) is 0 Å². The summed E-state index contributed by atoms with van der Waals surface area (Å²) in [5.74, 6) is 1.44. The maximum Gasteiger partial charge on any atom is 0.0378 e. The molecule has 1 saturated carbocycles. The Bertz CT molecular complexity index is 394. The van der Waals surface area contributed by atoms with Crippen LogP contribution >= 0.6 is 0 Å². The second-order valence-electron chi connectivity index (χ2n) is 5.64. The average Bonchev–Trinajstić information content (AvgIpc) is 2.66. The second kappa shape index (κ2) is 3.80. The predicted molar refractivity (Wildman–Crippen MR) is 69.2 cm³/mol. The van der Waals surface area contributed by atoms with Crippen LogP contribution in [0.2, 0.25) is 0 Å². The molecular formula is C15H21N. The van der Waals surface area contributed by atoms with Gasteiger partial charge >= 0.3 is 0 Å². The van der Waals surface area contributed by atoms with Crippen LogP contribution in [0.3, 0.4) is 0 Å². The van der Waals surface area contributed by atoms with Crippen molar-refractivity contribution in [2.75, 3.05) is 5.32 Å². The highest BCUT2D eigenvalue weighted by molar-refractivity contribution is 5.61. The van der Waals surface area contributed by atoms with Crippen LogP contribution in [0, 0.1) is 0 Å². The molecule has 2 unspecified atom stereocenters. The molecule has 0 aromatic heterocycles. The first-order chi connectivity index (χ1) is 7.75. The first-order valence-corrected chi connectivity index (χ1v) is 6.66. The van der Waals surface area contributed by atoms with Gasteiger partial charge < -0.3 is 5.32 Å². The van der Waals surface area contributed by atoms with Gasteiger partial charge in [-0.1, -0.05) is 38.8 Å². The monoisotopic (exact) mass is 215 g/mol. The van der Waals surface area contributed by atoms with Crippen molar-refractivity contribution in [3.8, 4) is 0 Å². The topological polar surface area (TPSA) is 12.0 Å². The molecule has 86 valence electrons. The van der Waals surface area contributed by atoms with Crippen molar-refractivity contribution in [1.82, 2.24) is 0 Å². The Morgan fingerprint density at radius 3 is 2.81 bits per heavy atom. The van der Waals surface area contributed by atoms with E-state index in [-0.39, 0.29) is 0 Å². The molecule has 0 radical (unpaired) electrons. The third kappa shape index (κ3) is 1.53. The van der Waals surface area contributed by atoms with Crippen LogP contribution in [-0.4, -0.2) is 6.04 Å². The standard InChI is InChI=1S/C15H21N/c1-10(2)11-7-8-15-13(9-11)12-5-3-4-6-14(12)16-15/h7-10,12,14,16H,3-6H2,1-2H3. The molecule has 1 heteroatoms. The molecule has 0 bridgehead atoms. The van der Waals surface area contributed by atoms with Crippen LogP contribution in [0.1, 0.15) is 62.5 Å². The zero-order valence-corrected chi connectivity index (χ0v) is 10.3. The summed E-state index contributed by atoms with van der Waals surface area (Å²) in [7, 11) is 0. The van der Waals surface area contributed by atoms with Gasteiger partial charge in [0.2, 0.25) is 0 Å². The maximum atomic E-state index is 3.70. The predicted octanol–water partition coefficient (Wildman–Crippen LogP) is 4.26. The zero-order valence-electron chi connectivity index (χ0n) is 10.3. The fourth-order valence-electron chi connectivity index (χ4n) is 3.25. The molecule has 1 aromatic rings. The van der Waals surface area contributed by atoms with Gasteiger partial charge in [0.05, 0.1) is 0 Å². The lowest BCUT2D eigenvalue weighted by Gasteiger charge is -2.25. The van der Waals surface area contributed by atoms with E-state index < -0.39 is 0 Å². The van der Waals surface area contributed by atoms with E-state index in [1.54, 1.807) is 5.56 Å². The van der Waals surface area contributed by atoms with E-state index in [2.05, 4.69) is 37.4 Å². The molecule has 1 N–H and O–H groups in total. The largest absolute Gasteiger partial charge is 0.381 e.